The molecule has 0 bridgehead atoms. The molecule has 24 heavy (non-hydrogen) atoms. The maximum absolute atomic E-state index is 11.8. The van der Waals surface area contributed by atoms with Gasteiger partial charge in [-0.25, -0.2) is 9.36 Å². The first-order valence-corrected chi connectivity index (χ1v) is 8.71. The number of hydrogen-bond acceptors (Lipinski definition) is 6. The lowest BCUT2D eigenvalue weighted by molar-refractivity contribution is -0.0201. The van der Waals surface area contributed by atoms with Crippen molar-refractivity contribution in [3.05, 3.63) is 63.4 Å². The molecule has 1 N–H and O–H groups in total. The summed E-state index contributed by atoms with van der Waals surface area (Å²) >= 11 is 0. The number of aromatic amines is 1. The molecule has 8 nitrogen and oxygen atoms in total. The highest BCUT2D eigenvalue weighted by molar-refractivity contribution is 7.33. The second-order valence-corrected chi connectivity index (χ2v) is 6.28. The summed E-state index contributed by atoms with van der Waals surface area (Å²) in [6, 6.07) is 10.0. The molecule has 2 aromatic rings. The fourth-order valence-corrected chi connectivity index (χ4v) is 3.15. The van der Waals surface area contributed by atoms with Gasteiger partial charge in [0.25, 0.3) is 5.56 Å². The molecule has 3 unspecified atom stereocenters. The van der Waals surface area contributed by atoms with Crippen LogP contribution in [0.3, 0.4) is 0 Å². The number of H-pyrrole nitrogens is 1. The fraction of sp³-hybridized carbons (Fsp3) is 0.333. The molecule has 3 rings (SSSR count). The van der Waals surface area contributed by atoms with Crippen LogP contribution in [0.2, 0.25) is 0 Å². The van der Waals surface area contributed by atoms with Crippen molar-refractivity contribution in [3.8, 4) is 5.75 Å². The van der Waals surface area contributed by atoms with Gasteiger partial charge in [-0.1, -0.05) is 18.2 Å². The molecule has 9 heteroatoms. The molecule has 0 radical (unpaired) electrons. The zero-order valence-corrected chi connectivity index (χ0v) is 13.7. The molecule has 3 atom stereocenters. The van der Waals surface area contributed by atoms with Gasteiger partial charge in [-0.15, -0.1) is 0 Å². The molecule has 1 aliphatic heterocycles. The molecule has 0 saturated carbocycles. The molecule has 2 heterocycles. The Morgan fingerprint density at radius 1 is 1.21 bits per heavy atom. The predicted molar refractivity (Wildman–Crippen MR) is 86.5 cm³/mol. The van der Waals surface area contributed by atoms with Crippen molar-refractivity contribution in [1.82, 2.24) is 9.55 Å². The van der Waals surface area contributed by atoms with E-state index in [1.54, 1.807) is 24.3 Å². The molecule has 1 aliphatic rings. The van der Waals surface area contributed by atoms with Crippen LogP contribution in [0, 0.1) is 0 Å². The Hall–Kier alpha value is -2.15. The molecule has 1 aromatic heterocycles. The van der Waals surface area contributed by atoms with Crippen molar-refractivity contribution in [2.45, 2.75) is 25.2 Å². The lowest BCUT2D eigenvalue weighted by atomic mass is 10.2. The second-order valence-electron chi connectivity index (χ2n) is 5.28. The summed E-state index contributed by atoms with van der Waals surface area (Å²) in [7, 11) is -2.67. The number of hydrogen-bond donors (Lipinski definition) is 1. The third-order valence-corrected chi connectivity index (χ3v) is 4.38. The summed E-state index contributed by atoms with van der Waals surface area (Å²) in [5.41, 5.74) is -0.971. The van der Waals surface area contributed by atoms with Crippen LogP contribution in [0.5, 0.6) is 5.75 Å². The van der Waals surface area contributed by atoms with Crippen molar-refractivity contribution < 1.29 is 18.3 Å². The minimum absolute atomic E-state index is 0.110. The monoisotopic (exact) mass is 352 g/mol. The molecule has 1 saturated heterocycles. The van der Waals surface area contributed by atoms with Crippen molar-refractivity contribution in [1.29, 1.82) is 0 Å². The van der Waals surface area contributed by atoms with E-state index in [4.69, 9.17) is 13.8 Å². The van der Waals surface area contributed by atoms with Gasteiger partial charge in [0.2, 0.25) is 0 Å². The highest BCUT2D eigenvalue weighted by Crippen LogP contribution is 2.31. The van der Waals surface area contributed by atoms with Crippen LogP contribution in [0.15, 0.2) is 52.2 Å². The summed E-state index contributed by atoms with van der Waals surface area (Å²) in [4.78, 5) is 25.0. The Morgan fingerprint density at radius 3 is 2.75 bits per heavy atom. The van der Waals surface area contributed by atoms with Gasteiger partial charge in [0.1, 0.15) is 12.0 Å². The molecule has 0 aliphatic carbocycles. The van der Waals surface area contributed by atoms with E-state index in [-0.39, 0.29) is 12.7 Å². The van der Waals surface area contributed by atoms with E-state index >= 15 is 0 Å². The fourth-order valence-electron chi connectivity index (χ4n) is 2.44. The Bertz CT molecular complexity index is 818. The third-order valence-electron chi connectivity index (χ3n) is 3.58. The van der Waals surface area contributed by atoms with E-state index in [1.165, 1.54) is 16.8 Å². The first-order valence-electron chi connectivity index (χ1n) is 7.48. The smallest absolute Gasteiger partial charge is 0.367 e. The minimum atomic E-state index is -2.67. The van der Waals surface area contributed by atoms with Gasteiger partial charge >= 0.3 is 13.9 Å². The minimum Gasteiger partial charge on any atom is -0.426 e. The maximum atomic E-state index is 11.8. The average Bonchev–Trinajstić information content (AvgIpc) is 3.02. The van der Waals surface area contributed by atoms with Gasteiger partial charge < -0.3 is 9.26 Å². The van der Waals surface area contributed by atoms with Crippen molar-refractivity contribution in [2.24, 2.45) is 0 Å². The van der Waals surface area contributed by atoms with Gasteiger partial charge in [-0.2, -0.15) is 0 Å². The van der Waals surface area contributed by atoms with E-state index in [2.05, 4.69) is 4.98 Å². The van der Waals surface area contributed by atoms with Gasteiger partial charge in [0.15, 0.2) is 0 Å². The number of rotatable bonds is 6. The third kappa shape index (κ3) is 4.23. The van der Waals surface area contributed by atoms with Crippen LogP contribution < -0.4 is 15.8 Å². The van der Waals surface area contributed by atoms with Gasteiger partial charge in [0, 0.05) is 12.3 Å². The number of nitrogens with one attached hydrogen (secondary N) is 1. The van der Waals surface area contributed by atoms with Crippen LogP contribution in [0.1, 0.15) is 19.1 Å². The standard InChI is InChI=1S/C15H17N2O6P/c18-13-8-9-17(15(19)16-13)14-7-6-12(22-14)10-21-24(20)23-11-4-2-1-3-5-11/h1-5,8-9,12,14,24H,6-7,10H2,(H,16,18,19). The van der Waals surface area contributed by atoms with Crippen LogP contribution in [-0.4, -0.2) is 22.3 Å². The number of nitrogens with zero attached hydrogens (tertiary/aromatic N) is 1. The molecule has 0 spiro atoms. The van der Waals surface area contributed by atoms with Crippen LogP contribution >= 0.6 is 8.25 Å². The number of para-hydroxylation sites is 1. The van der Waals surface area contributed by atoms with E-state index in [0.29, 0.717) is 18.6 Å². The molecular formula is C15H17N2O6P. The summed E-state index contributed by atoms with van der Waals surface area (Å²) < 4.78 is 29.2. The quantitative estimate of drug-likeness (QED) is 0.795. The maximum Gasteiger partial charge on any atom is 0.367 e. The Kier molecular flexibility index (Phi) is 5.30. The topological polar surface area (TPSA) is 99.6 Å². The lowest BCUT2D eigenvalue weighted by Gasteiger charge is -2.15. The van der Waals surface area contributed by atoms with Crippen LogP contribution in [0.25, 0.3) is 0 Å². The van der Waals surface area contributed by atoms with Crippen molar-refractivity contribution >= 4 is 8.25 Å². The van der Waals surface area contributed by atoms with Crippen molar-refractivity contribution in [2.75, 3.05) is 6.61 Å². The molecule has 128 valence electrons. The first kappa shape index (κ1) is 16.7. The summed E-state index contributed by atoms with van der Waals surface area (Å²) in [6.45, 7) is 0.110. The highest BCUT2D eigenvalue weighted by atomic mass is 31.1. The number of aromatic nitrogens is 2. The summed E-state index contributed by atoms with van der Waals surface area (Å²) in [5, 5.41) is 0. The predicted octanol–water partition coefficient (Wildman–Crippen LogP) is 1.70. The zero-order valence-electron chi connectivity index (χ0n) is 12.7. The van der Waals surface area contributed by atoms with Gasteiger partial charge in [-0.3, -0.25) is 18.9 Å². The summed E-state index contributed by atoms with van der Waals surface area (Å²) in [6.07, 6.45) is 1.88. The Labute approximate surface area is 137 Å². The van der Waals surface area contributed by atoms with E-state index in [1.807, 2.05) is 6.07 Å². The molecule has 1 aromatic carbocycles. The van der Waals surface area contributed by atoms with E-state index < -0.39 is 25.7 Å². The second kappa shape index (κ2) is 7.61. The molecule has 0 amide bonds. The average molecular weight is 352 g/mol. The molecule has 1 fully saturated rings. The van der Waals surface area contributed by atoms with Crippen LogP contribution in [0.4, 0.5) is 0 Å². The van der Waals surface area contributed by atoms with Crippen LogP contribution in [-0.2, 0) is 13.8 Å². The summed E-state index contributed by atoms with van der Waals surface area (Å²) in [5.74, 6) is 0.478. The SMILES string of the molecule is O=c1ccn(C2CCC(CO[PH](=O)Oc3ccccc3)O2)c(=O)[nH]1. The van der Waals surface area contributed by atoms with Gasteiger partial charge in [-0.05, 0) is 25.0 Å². The number of ether oxygens (including phenoxy) is 1. The zero-order chi connectivity index (χ0) is 16.9. The van der Waals surface area contributed by atoms with Crippen molar-refractivity contribution in [3.63, 3.8) is 0 Å². The molecular weight excluding hydrogens is 335 g/mol. The lowest BCUT2D eigenvalue weighted by Crippen LogP contribution is -2.31. The largest absolute Gasteiger partial charge is 0.426 e. The Morgan fingerprint density at radius 2 is 2.00 bits per heavy atom. The highest BCUT2D eigenvalue weighted by Gasteiger charge is 2.28. The van der Waals surface area contributed by atoms with Gasteiger partial charge in [0.05, 0.1) is 12.7 Å². The number of benzene rings is 1. The normalized spacial score (nSPS) is 21.5. The first-order chi connectivity index (χ1) is 11.6. The van der Waals surface area contributed by atoms with E-state index in [0.717, 1.165) is 0 Å². The van der Waals surface area contributed by atoms with E-state index in [9.17, 15) is 14.2 Å². The Balaban J connectivity index is 1.50.